The molecule has 0 saturated heterocycles. The van der Waals surface area contributed by atoms with Crippen molar-refractivity contribution in [3.05, 3.63) is 23.9 Å². The van der Waals surface area contributed by atoms with Gasteiger partial charge in [-0.3, -0.25) is 4.79 Å². The van der Waals surface area contributed by atoms with E-state index in [0.29, 0.717) is 0 Å². The van der Waals surface area contributed by atoms with Crippen LogP contribution in [0.3, 0.4) is 0 Å². The number of rotatable bonds is 5. The maximum absolute atomic E-state index is 11.8. The van der Waals surface area contributed by atoms with Gasteiger partial charge in [-0.1, -0.05) is 0 Å². The van der Waals surface area contributed by atoms with Crippen LogP contribution < -0.4 is 10.0 Å². The summed E-state index contributed by atoms with van der Waals surface area (Å²) in [6, 6.07) is 1.22. The lowest BCUT2D eigenvalue weighted by molar-refractivity contribution is -0.121. The molecule has 1 rings (SSSR count). The van der Waals surface area contributed by atoms with Crippen molar-refractivity contribution in [3.63, 3.8) is 0 Å². The zero-order valence-corrected chi connectivity index (χ0v) is 11.1. The van der Waals surface area contributed by atoms with Gasteiger partial charge in [-0.25, -0.2) is 18.2 Å². The SMILES string of the molecule is CNC(=O)C(C)NS(=O)(=O)c1ccc(C(=O)O)cn1. The molecule has 0 aromatic carbocycles. The lowest BCUT2D eigenvalue weighted by atomic mass is 10.3. The number of hydrogen-bond acceptors (Lipinski definition) is 5. The number of aromatic nitrogens is 1. The van der Waals surface area contributed by atoms with Crippen LogP contribution in [0.15, 0.2) is 23.4 Å². The Morgan fingerprint density at radius 3 is 2.42 bits per heavy atom. The van der Waals surface area contributed by atoms with Gasteiger partial charge < -0.3 is 10.4 Å². The lowest BCUT2D eigenvalue weighted by Crippen LogP contribution is -2.43. The number of aromatic carboxylic acids is 1. The van der Waals surface area contributed by atoms with E-state index in [4.69, 9.17) is 5.11 Å². The molecule has 0 saturated carbocycles. The molecule has 0 radical (unpaired) electrons. The van der Waals surface area contributed by atoms with Crippen LogP contribution in [0.4, 0.5) is 0 Å². The van der Waals surface area contributed by atoms with E-state index in [1.807, 2.05) is 0 Å². The number of nitrogens with one attached hydrogen (secondary N) is 2. The van der Waals surface area contributed by atoms with Gasteiger partial charge in [0.15, 0.2) is 5.03 Å². The van der Waals surface area contributed by atoms with Crippen molar-refractivity contribution < 1.29 is 23.1 Å². The Labute approximate surface area is 109 Å². The van der Waals surface area contributed by atoms with E-state index in [2.05, 4.69) is 15.0 Å². The molecule has 0 aliphatic heterocycles. The number of amides is 1. The first-order valence-corrected chi connectivity index (χ1v) is 6.69. The number of pyridine rings is 1. The van der Waals surface area contributed by atoms with E-state index in [-0.39, 0.29) is 10.6 Å². The van der Waals surface area contributed by atoms with Crippen LogP contribution in [-0.2, 0) is 14.8 Å². The average Bonchev–Trinajstić information content (AvgIpc) is 2.37. The van der Waals surface area contributed by atoms with Gasteiger partial charge in [-0.15, -0.1) is 0 Å². The summed E-state index contributed by atoms with van der Waals surface area (Å²) in [5.41, 5.74) is -0.127. The highest BCUT2D eigenvalue weighted by molar-refractivity contribution is 7.89. The molecule has 0 bridgehead atoms. The first-order valence-electron chi connectivity index (χ1n) is 5.21. The first kappa shape index (κ1) is 15.1. The summed E-state index contributed by atoms with van der Waals surface area (Å²) >= 11 is 0. The molecule has 1 atom stereocenters. The zero-order chi connectivity index (χ0) is 14.6. The molecule has 8 nitrogen and oxygen atoms in total. The van der Waals surface area contributed by atoms with Crippen molar-refractivity contribution in [2.24, 2.45) is 0 Å². The molecule has 0 aliphatic carbocycles. The fraction of sp³-hybridized carbons (Fsp3) is 0.300. The van der Waals surface area contributed by atoms with Crippen LogP contribution in [0, 0.1) is 0 Å². The minimum Gasteiger partial charge on any atom is -0.478 e. The van der Waals surface area contributed by atoms with Gasteiger partial charge in [-0.2, -0.15) is 4.72 Å². The third-order valence-electron chi connectivity index (χ3n) is 2.23. The molecule has 0 fully saturated rings. The van der Waals surface area contributed by atoms with E-state index >= 15 is 0 Å². The highest BCUT2D eigenvalue weighted by atomic mass is 32.2. The van der Waals surface area contributed by atoms with Crippen molar-refractivity contribution in [3.8, 4) is 0 Å². The summed E-state index contributed by atoms with van der Waals surface area (Å²) in [5.74, 6) is -1.70. The predicted octanol–water partition coefficient (Wildman–Crippen LogP) is -0.807. The van der Waals surface area contributed by atoms with Crippen LogP contribution in [0.2, 0.25) is 0 Å². The Kier molecular flexibility index (Phi) is 4.57. The lowest BCUT2D eigenvalue weighted by Gasteiger charge is -2.12. The summed E-state index contributed by atoms with van der Waals surface area (Å²) in [5, 5.41) is 10.6. The third kappa shape index (κ3) is 3.73. The van der Waals surface area contributed by atoms with Gasteiger partial charge in [-0.05, 0) is 19.1 Å². The molecule has 1 heterocycles. The number of carbonyl (C=O) groups excluding carboxylic acids is 1. The second kappa shape index (κ2) is 5.76. The Bertz CT molecular complexity index is 582. The molecule has 0 aliphatic rings. The van der Waals surface area contributed by atoms with Gasteiger partial charge >= 0.3 is 5.97 Å². The molecule has 1 amide bonds. The van der Waals surface area contributed by atoms with Gasteiger partial charge in [0.05, 0.1) is 11.6 Å². The second-order valence-corrected chi connectivity index (χ2v) is 5.31. The topological polar surface area (TPSA) is 125 Å². The highest BCUT2D eigenvalue weighted by Crippen LogP contribution is 2.07. The van der Waals surface area contributed by atoms with Crippen molar-refractivity contribution in [1.29, 1.82) is 0 Å². The van der Waals surface area contributed by atoms with Crippen molar-refractivity contribution >= 4 is 21.9 Å². The Balaban J connectivity index is 2.94. The summed E-state index contributed by atoms with van der Waals surface area (Å²) in [6.45, 7) is 1.38. The molecule has 1 aromatic rings. The predicted molar refractivity (Wildman–Crippen MR) is 65.0 cm³/mol. The van der Waals surface area contributed by atoms with Crippen molar-refractivity contribution in [2.45, 2.75) is 18.0 Å². The fourth-order valence-corrected chi connectivity index (χ4v) is 2.36. The van der Waals surface area contributed by atoms with Crippen LogP contribution >= 0.6 is 0 Å². The minimum atomic E-state index is -3.97. The van der Waals surface area contributed by atoms with Gasteiger partial charge in [0.1, 0.15) is 0 Å². The summed E-state index contributed by atoms with van der Waals surface area (Å²) < 4.78 is 25.8. The first-order chi connectivity index (χ1) is 8.77. The normalized spacial score (nSPS) is 12.7. The fourth-order valence-electron chi connectivity index (χ4n) is 1.23. The maximum Gasteiger partial charge on any atom is 0.337 e. The number of carboxylic acids is 1. The second-order valence-electron chi connectivity index (χ2n) is 3.65. The molecule has 19 heavy (non-hydrogen) atoms. The van der Waals surface area contributed by atoms with Crippen LogP contribution in [0.25, 0.3) is 0 Å². The van der Waals surface area contributed by atoms with E-state index in [1.54, 1.807) is 0 Å². The number of nitrogens with zero attached hydrogens (tertiary/aromatic N) is 1. The molecule has 9 heteroatoms. The molecular formula is C10H13N3O5S. The number of hydrogen-bond donors (Lipinski definition) is 3. The standard InChI is InChI=1S/C10H13N3O5S/c1-6(9(14)11-2)13-19(17,18)8-4-3-7(5-12-8)10(15)16/h3-6,13H,1-2H3,(H,11,14)(H,15,16). The van der Waals surface area contributed by atoms with Gasteiger partial charge in [0.2, 0.25) is 5.91 Å². The molecule has 0 spiro atoms. The summed E-state index contributed by atoms with van der Waals surface area (Å²) in [4.78, 5) is 25.4. The Morgan fingerprint density at radius 2 is 2.00 bits per heavy atom. The van der Waals surface area contributed by atoms with E-state index in [9.17, 15) is 18.0 Å². The highest BCUT2D eigenvalue weighted by Gasteiger charge is 2.22. The number of likely N-dealkylation sites (N-methyl/N-ethyl adjacent to an activating group) is 1. The monoisotopic (exact) mass is 287 g/mol. The maximum atomic E-state index is 11.8. The minimum absolute atomic E-state index is 0.127. The van der Waals surface area contributed by atoms with Crippen LogP contribution in [0.5, 0.6) is 0 Å². The quantitative estimate of drug-likeness (QED) is 0.650. The van der Waals surface area contributed by atoms with Crippen molar-refractivity contribution in [1.82, 2.24) is 15.0 Å². The number of carbonyl (C=O) groups is 2. The van der Waals surface area contributed by atoms with Crippen molar-refractivity contribution in [2.75, 3.05) is 7.05 Å². The third-order valence-corrected chi connectivity index (χ3v) is 3.69. The molecule has 104 valence electrons. The van der Waals surface area contributed by atoms with E-state index in [1.165, 1.54) is 14.0 Å². The average molecular weight is 287 g/mol. The van der Waals surface area contributed by atoms with Gasteiger partial charge in [0.25, 0.3) is 10.0 Å². The van der Waals surface area contributed by atoms with Crippen LogP contribution in [0.1, 0.15) is 17.3 Å². The van der Waals surface area contributed by atoms with E-state index < -0.39 is 27.9 Å². The van der Waals surface area contributed by atoms with E-state index in [0.717, 1.165) is 18.3 Å². The smallest absolute Gasteiger partial charge is 0.337 e. The Hall–Kier alpha value is -2.00. The number of sulfonamides is 1. The molecule has 1 aromatic heterocycles. The Morgan fingerprint density at radius 1 is 1.37 bits per heavy atom. The molecule has 3 N–H and O–H groups in total. The summed E-state index contributed by atoms with van der Waals surface area (Å²) in [7, 11) is -2.59. The summed E-state index contributed by atoms with van der Waals surface area (Å²) in [6.07, 6.45) is 0.932. The number of carboxylic acid groups (broad SMARTS) is 1. The molecule has 1 unspecified atom stereocenters. The van der Waals surface area contributed by atoms with Crippen LogP contribution in [-0.4, -0.2) is 43.5 Å². The van der Waals surface area contributed by atoms with Gasteiger partial charge in [0, 0.05) is 13.2 Å². The largest absolute Gasteiger partial charge is 0.478 e. The zero-order valence-electron chi connectivity index (χ0n) is 10.2. The molecular weight excluding hydrogens is 274 g/mol.